The van der Waals surface area contributed by atoms with Crippen molar-refractivity contribution in [2.75, 3.05) is 0 Å². The summed E-state index contributed by atoms with van der Waals surface area (Å²) >= 11 is 2.47. The molecule has 0 spiro atoms. The first-order valence-electron chi connectivity index (χ1n) is 0.454. The molecule has 1 nitrogen and oxygen atoms in total. The number of halogens is 1. The fraction of sp³-hybridized carbons (Fsp3) is 0. The van der Waals surface area contributed by atoms with Gasteiger partial charge >= 0.3 is 0 Å². The van der Waals surface area contributed by atoms with Crippen molar-refractivity contribution in [2.24, 2.45) is 0 Å². The molecule has 0 aromatic rings. The van der Waals surface area contributed by atoms with Gasteiger partial charge in [-0.2, -0.15) is 0 Å². The molecule has 0 fully saturated rings. The van der Waals surface area contributed by atoms with Crippen molar-refractivity contribution in [2.45, 2.75) is 0 Å². The Morgan fingerprint density at radius 1 is 1.75 bits per heavy atom. The molecule has 0 aliphatic heterocycles. The second-order valence-electron chi connectivity index (χ2n) is 0.0891. The van der Waals surface area contributed by atoms with Crippen LogP contribution in [0.15, 0.2) is 0 Å². The van der Waals surface area contributed by atoms with E-state index in [0.29, 0.717) is 5.20 Å². The number of carbonyl (C=O) groups is 1. The van der Waals surface area contributed by atoms with Gasteiger partial charge in [-0.25, -0.2) is 0 Å². The molecule has 0 atom stereocenters. The Balaban J connectivity index is 0. The number of carbonyl (C=O) groups excluding carboxylic acids is 1. The fourth-order valence-corrected chi connectivity index (χ4v) is 0. The van der Waals surface area contributed by atoms with E-state index in [4.69, 9.17) is 4.79 Å². The molecular weight excluding hydrogens is 167 g/mol. The Labute approximate surface area is 43.1 Å². The summed E-state index contributed by atoms with van der Waals surface area (Å²) in [5.74, 6) is 0. The van der Waals surface area contributed by atoms with Crippen molar-refractivity contribution >= 4 is 21.1 Å². The molecule has 4 heavy (non-hydrogen) atoms. The summed E-state index contributed by atoms with van der Waals surface area (Å²) < 4.78 is 0. The average molecular weight is 168 g/mol. The Kier molecular flexibility index (Phi) is 20.7. The second-order valence-corrected chi connectivity index (χ2v) is 0.463. The first kappa shape index (κ1) is 8.82. The minimum absolute atomic E-state index is 0. The smallest absolute Gasteiger partial charge is 0.185 e. The third kappa shape index (κ3) is 16.9. The fourth-order valence-electron chi connectivity index (χ4n) is 0. The summed E-state index contributed by atoms with van der Waals surface area (Å²) in [7, 11) is 0. The van der Waals surface area contributed by atoms with Gasteiger partial charge in [0.15, 0.2) is 5.20 Å². The molecule has 0 aliphatic carbocycles. The first-order valence-corrected chi connectivity index (χ1v) is 1.37. The average Bonchev–Trinajstić information content (AvgIpc) is 0.918. The molecule has 0 aromatic heterocycles. The van der Waals surface area contributed by atoms with Gasteiger partial charge in [0, 0.05) is 16.8 Å². The molecule has 0 aliphatic rings. The van der Waals surface area contributed by atoms with Crippen molar-refractivity contribution in [1.82, 2.24) is 0 Å². The zero-order valence-corrected chi connectivity index (χ0v) is 4.32. The van der Waals surface area contributed by atoms with Gasteiger partial charge in [-0.3, -0.25) is 4.79 Å². The largest absolute Gasteiger partial charge is 0.290 e. The molecule has 0 saturated carbocycles. The van der Waals surface area contributed by atoms with E-state index < -0.39 is 0 Å². The van der Waals surface area contributed by atoms with E-state index in [9.17, 15) is 0 Å². The summed E-state index contributed by atoms with van der Waals surface area (Å²) in [4.78, 5) is 8.72. The van der Waals surface area contributed by atoms with E-state index in [1.807, 2.05) is 0 Å². The first-order chi connectivity index (χ1) is 1.41. The van der Waals surface area contributed by atoms with E-state index in [-0.39, 0.29) is 16.8 Å². The van der Waals surface area contributed by atoms with E-state index >= 15 is 0 Å². The predicted octanol–water partition coefficient (Wildman–Crippen LogP) is 0.569. The normalized spacial score (nSPS) is 3.25. The molecule has 27 valence electrons. The summed E-state index contributed by atoms with van der Waals surface area (Å²) in [6.45, 7) is 0. The summed E-state index contributed by atoms with van der Waals surface area (Å²) in [6.07, 6.45) is 0. The standard InChI is InChI=1S/CHBrO.Co/c2-1-3;/h1H;. The minimum atomic E-state index is 0. The molecule has 0 rings (SSSR count). The SMILES string of the molecule is O=CBr.[Co]. The van der Waals surface area contributed by atoms with Crippen molar-refractivity contribution in [3.63, 3.8) is 0 Å². The maximum Gasteiger partial charge on any atom is 0.185 e. The Hall–Kier alpha value is 0.656. The van der Waals surface area contributed by atoms with Crippen LogP contribution < -0.4 is 0 Å². The van der Waals surface area contributed by atoms with Crippen molar-refractivity contribution < 1.29 is 21.6 Å². The summed E-state index contributed by atoms with van der Waals surface area (Å²) in [5, 5.41) is 0.562. The van der Waals surface area contributed by atoms with Gasteiger partial charge in [0.25, 0.3) is 0 Å². The zero-order valence-electron chi connectivity index (χ0n) is 1.70. The van der Waals surface area contributed by atoms with Crippen LogP contribution in [0.3, 0.4) is 0 Å². The van der Waals surface area contributed by atoms with Crippen molar-refractivity contribution in [3.05, 3.63) is 0 Å². The Morgan fingerprint density at radius 3 is 1.75 bits per heavy atom. The van der Waals surface area contributed by atoms with E-state index in [2.05, 4.69) is 15.9 Å². The van der Waals surface area contributed by atoms with Crippen LogP contribution in [-0.4, -0.2) is 5.20 Å². The number of rotatable bonds is 0. The van der Waals surface area contributed by atoms with Gasteiger partial charge in [-0.05, 0) is 15.9 Å². The van der Waals surface area contributed by atoms with Gasteiger partial charge in [0.05, 0.1) is 0 Å². The van der Waals surface area contributed by atoms with Crippen LogP contribution in [0.5, 0.6) is 0 Å². The van der Waals surface area contributed by atoms with Crippen LogP contribution in [0.2, 0.25) is 0 Å². The predicted molar refractivity (Wildman–Crippen MR) is 15.7 cm³/mol. The molecule has 0 heterocycles. The molecule has 0 bridgehead atoms. The van der Waals surface area contributed by atoms with Crippen LogP contribution >= 0.6 is 15.9 Å². The van der Waals surface area contributed by atoms with Crippen molar-refractivity contribution in [1.29, 1.82) is 0 Å². The summed E-state index contributed by atoms with van der Waals surface area (Å²) in [5.41, 5.74) is 0. The maximum absolute atomic E-state index is 8.72. The molecule has 0 aromatic carbocycles. The van der Waals surface area contributed by atoms with E-state index in [1.54, 1.807) is 0 Å². The molecule has 0 N–H and O–H groups in total. The van der Waals surface area contributed by atoms with Crippen LogP contribution in [0.4, 0.5) is 0 Å². The topological polar surface area (TPSA) is 17.1 Å². The monoisotopic (exact) mass is 167 g/mol. The quantitative estimate of drug-likeness (QED) is 0.381. The van der Waals surface area contributed by atoms with Gasteiger partial charge in [0.2, 0.25) is 0 Å². The van der Waals surface area contributed by atoms with Crippen LogP contribution in [0.25, 0.3) is 0 Å². The second kappa shape index (κ2) is 9.40. The minimum Gasteiger partial charge on any atom is -0.290 e. The van der Waals surface area contributed by atoms with Crippen LogP contribution in [-0.2, 0) is 21.6 Å². The third-order valence-electron chi connectivity index (χ3n) is 0. The molecule has 3 heteroatoms. The van der Waals surface area contributed by atoms with Crippen LogP contribution in [0, 0.1) is 0 Å². The van der Waals surface area contributed by atoms with Gasteiger partial charge in [-0.15, -0.1) is 0 Å². The summed E-state index contributed by atoms with van der Waals surface area (Å²) in [6, 6.07) is 0. The van der Waals surface area contributed by atoms with Gasteiger partial charge in [0.1, 0.15) is 0 Å². The van der Waals surface area contributed by atoms with E-state index in [1.165, 1.54) is 0 Å². The maximum atomic E-state index is 8.72. The molecule has 1 radical (unpaired) electrons. The number of hydrogen-bond donors (Lipinski definition) is 0. The third-order valence-corrected chi connectivity index (χ3v) is 0. The molecule has 0 unspecified atom stereocenters. The van der Waals surface area contributed by atoms with Crippen LogP contribution in [0.1, 0.15) is 0 Å². The molecular formula is CHBrCoO. The molecule has 0 amide bonds. The Bertz CT molecular complexity index is 15.5. The van der Waals surface area contributed by atoms with Gasteiger partial charge in [-0.1, -0.05) is 0 Å². The Morgan fingerprint density at radius 2 is 1.75 bits per heavy atom. The number of hydrogen-bond acceptors (Lipinski definition) is 1. The van der Waals surface area contributed by atoms with Gasteiger partial charge < -0.3 is 0 Å². The zero-order chi connectivity index (χ0) is 2.71. The van der Waals surface area contributed by atoms with Crippen molar-refractivity contribution in [3.8, 4) is 0 Å². The van der Waals surface area contributed by atoms with E-state index in [0.717, 1.165) is 0 Å². The molecule has 0 saturated heterocycles.